The molecule has 1 saturated heterocycles. The summed E-state index contributed by atoms with van der Waals surface area (Å²) in [5, 5.41) is 2.08. The van der Waals surface area contributed by atoms with Crippen molar-refractivity contribution in [2.75, 3.05) is 26.7 Å². The molecule has 0 unspecified atom stereocenters. The lowest BCUT2D eigenvalue weighted by molar-refractivity contribution is -0.140. The number of ether oxygens (including phenoxy) is 1. The van der Waals surface area contributed by atoms with Crippen LogP contribution < -0.4 is 5.43 Å². The molecule has 4 heteroatoms. The summed E-state index contributed by atoms with van der Waals surface area (Å²) in [4.78, 5) is 10.7. The first-order chi connectivity index (χ1) is 5.83. The fraction of sp³-hybridized carbons (Fsp3) is 0.875. The number of esters is 1. The fourth-order valence-corrected chi connectivity index (χ4v) is 1.30. The number of hydrogen-bond acceptors (Lipinski definition) is 4. The molecule has 4 nitrogen and oxygen atoms in total. The Morgan fingerprint density at radius 2 is 2.08 bits per heavy atom. The Morgan fingerprint density at radius 3 is 2.67 bits per heavy atom. The number of carbonyl (C=O) groups is 1. The van der Waals surface area contributed by atoms with Crippen LogP contribution >= 0.6 is 0 Å². The Morgan fingerprint density at radius 1 is 1.42 bits per heavy atom. The van der Waals surface area contributed by atoms with Gasteiger partial charge in [0.25, 0.3) is 0 Å². The van der Waals surface area contributed by atoms with Gasteiger partial charge in [-0.05, 0) is 12.8 Å². The monoisotopic (exact) mass is 172 g/mol. The van der Waals surface area contributed by atoms with Crippen LogP contribution in [0.1, 0.15) is 19.3 Å². The largest absolute Gasteiger partial charge is 0.468 e. The van der Waals surface area contributed by atoms with Crippen LogP contribution in [0.2, 0.25) is 0 Å². The second-order valence-electron chi connectivity index (χ2n) is 2.96. The molecule has 0 radical (unpaired) electrons. The molecule has 1 aliphatic heterocycles. The number of methoxy groups -OCH3 is 1. The minimum absolute atomic E-state index is 0.208. The van der Waals surface area contributed by atoms with Gasteiger partial charge in [-0.15, -0.1) is 0 Å². The molecule has 0 amide bonds. The van der Waals surface area contributed by atoms with Gasteiger partial charge in [0.15, 0.2) is 0 Å². The molecule has 12 heavy (non-hydrogen) atoms. The molecule has 0 bridgehead atoms. The van der Waals surface area contributed by atoms with Gasteiger partial charge in [-0.25, -0.2) is 10.4 Å². The van der Waals surface area contributed by atoms with Crippen LogP contribution in [0.5, 0.6) is 0 Å². The van der Waals surface area contributed by atoms with Crippen molar-refractivity contribution in [1.29, 1.82) is 0 Å². The van der Waals surface area contributed by atoms with Crippen molar-refractivity contribution < 1.29 is 9.53 Å². The highest BCUT2D eigenvalue weighted by Crippen LogP contribution is 2.05. The normalized spacial score (nSPS) is 19.1. The van der Waals surface area contributed by atoms with Crippen LogP contribution in [0.4, 0.5) is 0 Å². The average Bonchev–Trinajstić information content (AvgIpc) is 2.16. The lowest BCUT2D eigenvalue weighted by Crippen LogP contribution is -2.44. The highest BCUT2D eigenvalue weighted by molar-refractivity contribution is 5.71. The van der Waals surface area contributed by atoms with Gasteiger partial charge in [0.05, 0.1) is 7.11 Å². The molecule has 0 saturated carbocycles. The van der Waals surface area contributed by atoms with Gasteiger partial charge >= 0.3 is 5.97 Å². The van der Waals surface area contributed by atoms with Gasteiger partial charge < -0.3 is 4.74 Å². The lowest BCUT2D eigenvalue weighted by atomic mass is 10.2. The van der Waals surface area contributed by atoms with E-state index in [9.17, 15) is 4.79 Å². The molecule has 0 atom stereocenters. The smallest absolute Gasteiger partial charge is 0.321 e. The summed E-state index contributed by atoms with van der Waals surface area (Å²) in [5.41, 5.74) is 3.03. The fourth-order valence-electron chi connectivity index (χ4n) is 1.30. The summed E-state index contributed by atoms with van der Waals surface area (Å²) in [5.74, 6) is -0.208. The third kappa shape index (κ3) is 3.19. The number of rotatable bonds is 3. The topological polar surface area (TPSA) is 41.6 Å². The minimum Gasteiger partial charge on any atom is -0.468 e. The van der Waals surface area contributed by atoms with E-state index < -0.39 is 0 Å². The van der Waals surface area contributed by atoms with Gasteiger partial charge in [-0.3, -0.25) is 4.79 Å². The first kappa shape index (κ1) is 9.48. The van der Waals surface area contributed by atoms with E-state index in [0.29, 0.717) is 0 Å². The van der Waals surface area contributed by atoms with E-state index in [1.807, 2.05) is 0 Å². The minimum atomic E-state index is -0.208. The predicted octanol–water partition coefficient (Wildman–Crippen LogP) is 0.150. The van der Waals surface area contributed by atoms with Gasteiger partial charge in [-0.2, -0.15) is 0 Å². The Labute approximate surface area is 72.8 Å². The molecule has 1 N–H and O–H groups in total. The van der Waals surface area contributed by atoms with E-state index in [0.717, 1.165) is 13.1 Å². The van der Waals surface area contributed by atoms with Crippen LogP contribution in [-0.2, 0) is 9.53 Å². The van der Waals surface area contributed by atoms with Gasteiger partial charge in [0.1, 0.15) is 6.54 Å². The summed E-state index contributed by atoms with van der Waals surface area (Å²) < 4.78 is 4.51. The summed E-state index contributed by atoms with van der Waals surface area (Å²) in [7, 11) is 1.40. The van der Waals surface area contributed by atoms with Crippen molar-refractivity contribution in [2.45, 2.75) is 19.3 Å². The van der Waals surface area contributed by atoms with Crippen molar-refractivity contribution in [3.8, 4) is 0 Å². The molecule has 70 valence electrons. The first-order valence-electron chi connectivity index (χ1n) is 4.38. The third-order valence-corrected chi connectivity index (χ3v) is 2.03. The van der Waals surface area contributed by atoms with Crippen LogP contribution in [0.3, 0.4) is 0 Å². The van der Waals surface area contributed by atoms with Crippen molar-refractivity contribution in [3.05, 3.63) is 0 Å². The zero-order chi connectivity index (χ0) is 8.81. The Bertz CT molecular complexity index is 144. The predicted molar refractivity (Wildman–Crippen MR) is 45.4 cm³/mol. The Hall–Kier alpha value is -0.610. The number of hydrogen-bond donors (Lipinski definition) is 1. The van der Waals surface area contributed by atoms with Gasteiger partial charge in [0, 0.05) is 13.1 Å². The van der Waals surface area contributed by atoms with E-state index in [1.54, 1.807) is 0 Å². The summed E-state index contributed by atoms with van der Waals surface area (Å²) >= 11 is 0. The summed E-state index contributed by atoms with van der Waals surface area (Å²) in [6, 6.07) is 0. The second-order valence-corrected chi connectivity index (χ2v) is 2.96. The molecule has 0 aromatic rings. The maximum Gasteiger partial charge on any atom is 0.321 e. The van der Waals surface area contributed by atoms with Gasteiger partial charge in [0.2, 0.25) is 0 Å². The number of hydrazine groups is 1. The highest BCUT2D eigenvalue weighted by Gasteiger charge is 2.10. The molecule has 0 aromatic heterocycles. The highest BCUT2D eigenvalue weighted by atomic mass is 16.5. The van der Waals surface area contributed by atoms with Crippen molar-refractivity contribution >= 4 is 5.97 Å². The zero-order valence-corrected chi connectivity index (χ0v) is 7.51. The van der Waals surface area contributed by atoms with Crippen LogP contribution in [0, 0.1) is 0 Å². The molecule has 1 rings (SSSR count). The Kier molecular flexibility index (Phi) is 4.04. The van der Waals surface area contributed by atoms with Crippen molar-refractivity contribution in [2.24, 2.45) is 0 Å². The maximum atomic E-state index is 10.7. The number of carbonyl (C=O) groups excluding carboxylic acids is 1. The average molecular weight is 172 g/mol. The summed E-state index contributed by atoms with van der Waals surface area (Å²) in [6.45, 7) is 2.37. The Balaban J connectivity index is 2.09. The summed E-state index contributed by atoms with van der Waals surface area (Å²) in [6.07, 6.45) is 3.73. The quantitative estimate of drug-likeness (QED) is 0.615. The molecule has 1 fully saturated rings. The van der Waals surface area contributed by atoms with Crippen molar-refractivity contribution in [1.82, 2.24) is 10.4 Å². The lowest BCUT2D eigenvalue weighted by Gasteiger charge is -2.26. The first-order valence-corrected chi connectivity index (χ1v) is 4.38. The SMILES string of the molecule is COC(=O)CNN1CCCCC1. The third-order valence-electron chi connectivity index (χ3n) is 2.03. The molecule has 0 aliphatic carbocycles. The maximum absolute atomic E-state index is 10.7. The van der Waals surface area contributed by atoms with E-state index in [4.69, 9.17) is 0 Å². The van der Waals surface area contributed by atoms with Crippen LogP contribution in [0.25, 0.3) is 0 Å². The van der Waals surface area contributed by atoms with E-state index in [-0.39, 0.29) is 12.5 Å². The van der Waals surface area contributed by atoms with Gasteiger partial charge in [-0.1, -0.05) is 6.42 Å². The van der Waals surface area contributed by atoms with Crippen molar-refractivity contribution in [3.63, 3.8) is 0 Å². The standard InChI is InChI=1S/C8H16N2O2/c1-12-8(11)7-9-10-5-3-2-4-6-10/h9H,2-7H2,1H3. The number of piperidine rings is 1. The van der Waals surface area contributed by atoms with Crippen LogP contribution in [0.15, 0.2) is 0 Å². The second kappa shape index (κ2) is 5.11. The molecular formula is C8H16N2O2. The molecule has 1 heterocycles. The zero-order valence-electron chi connectivity index (χ0n) is 7.51. The van der Waals surface area contributed by atoms with E-state index in [2.05, 4.69) is 15.2 Å². The number of nitrogens with one attached hydrogen (secondary N) is 1. The van der Waals surface area contributed by atoms with Crippen LogP contribution in [-0.4, -0.2) is 37.7 Å². The molecular weight excluding hydrogens is 156 g/mol. The molecule has 1 aliphatic rings. The molecule has 0 spiro atoms. The molecule has 0 aromatic carbocycles. The van der Waals surface area contributed by atoms with E-state index >= 15 is 0 Å². The van der Waals surface area contributed by atoms with E-state index in [1.165, 1.54) is 26.4 Å². The number of nitrogens with zero attached hydrogens (tertiary/aromatic N) is 1.